The second-order valence-corrected chi connectivity index (χ2v) is 5.30. The van der Waals surface area contributed by atoms with Crippen LogP contribution in [0.15, 0.2) is 35.3 Å². The molecule has 1 unspecified atom stereocenters. The molecule has 1 nitrogen and oxygen atoms in total. The summed E-state index contributed by atoms with van der Waals surface area (Å²) in [6.45, 7) is 8.19. The lowest BCUT2D eigenvalue weighted by Crippen LogP contribution is -2.20. The largest absolute Gasteiger partial charge is 0.282 e. The maximum Gasteiger partial charge on any atom is 0.0731 e. The van der Waals surface area contributed by atoms with Crippen molar-refractivity contribution in [1.82, 2.24) is 0 Å². The molecule has 1 atom stereocenters. The molecule has 0 aromatic heterocycles. The van der Waals surface area contributed by atoms with Crippen molar-refractivity contribution in [3.63, 3.8) is 0 Å². The first kappa shape index (κ1) is 12.3. The summed E-state index contributed by atoms with van der Waals surface area (Å²) < 4.78 is 0. The number of aliphatic imine (C=N–C) groups is 1. The summed E-state index contributed by atoms with van der Waals surface area (Å²) in [7, 11) is 0. The summed E-state index contributed by atoms with van der Waals surface area (Å²) in [5.41, 5.74) is 1.98. The maximum absolute atomic E-state index is 6.15. The summed E-state index contributed by atoms with van der Waals surface area (Å²) in [5.74, 6) is 0. The number of nitrogens with zero attached hydrogens (tertiary/aromatic N) is 1. The third kappa shape index (κ3) is 4.05. The number of benzene rings is 1. The fraction of sp³-hybridized carbons (Fsp3) is 0.462. The van der Waals surface area contributed by atoms with Crippen molar-refractivity contribution in [3.8, 4) is 0 Å². The van der Waals surface area contributed by atoms with E-state index in [0.29, 0.717) is 0 Å². The fourth-order valence-electron chi connectivity index (χ4n) is 1.35. The molecule has 0 N–H and O–H groups in total. The van der Waals surface area contributed by atoms with Crippen LogP contribution in [0.5, 0.6) is 0 Å². The van der Waals surface area contributed by atoms with E-state index in [-0.39, 0.29) is 10.9 Å². The fourth-order valence-corrected chi connectivity index (χ4v) is 1.53. The molecular formula is C13H18ClN. The van der Waals surface area contributed by atoms with Crippen LogP contribution in [-0.2, 0) is 0 Å². The van der Waals surface area contributed by atoms with Gasteiger partial charge >= 0.3 is 0 Å². The Bertz CT molecular complexity index is 333. The van der Waals surface area contributed by atoms with Gasteiger partial charge in [0.05, 0.1) is 16.6 Å². The second-order valence-electron chi connectivity index (χ2n) is 4.65. The summed E-state index contributed by atoms with van der Waals surface area (Å²) >= 11 is 6.15. The molecule has 15 heavy (non-hydrogen) atoms. The first-order chi connectivity index (χ1) is 6.90. The van der Waals surface area contributed by atoms with Crippen LogP contribution < -0.4 is 0 Å². The Morgan fingerprint density at radius 3 is 2.13 bits per heavy atom. The minimum absolute atomic E-state index is 0.0633. The van der Waals surface area contributed by atoms with Crippen LogP contribution in [-0.4, -0.2) is 16.6 Å². The van der Waals surface area contributed by atoms with Crippen molar-refractivity contribution in [2.45, 2.75) is 38.6 Å². The third-order valence-electron chi connectivity index (χ3n) is 1.90. The Morgan fingerprint density at radius 2 is 1.73 bits per heavy atom. The highest BCUT2D eigenvalue weighted by Crippen LogP contribution is 2.15. The monoisotopic (exact) mass is 223 g/mol. The molecule has 0 spiro atoms. The van der Waals surface area contributed by atoms with E-state index in [1.54, 1.807) is 0 Å². The number of hydrogen-bond acceptors (Lipinski definition) is 1. The van der Waals surface area contributed by atoms with Crippen LogP contribution in [0.2, 0.25) is 0 Å². The Kier molecular flexibility index (Phi) is 3.92. The molecule has 0 aliphatic heterocycles. The molecule has 0 fully saturated rings. The number of alkyl halides is 1. The van der Waals surface area contributed by atoms with E-state index in [1.807, 2.05) is 37.3 Å². The Labute approximate surface area is 97.2 Å². The van der Waals surface area contributed by atoms with Crippen molar-refractivity contribution >= 4 is 17.3 Å². The topological polar surface area (TPSA) is 12.4 Å². The molecular weight excluding hydrogens is 206 g/mol. The lowest BCUT2D eigenvalue weighted by molar-refractivity contribution is 0.582. The van der Waals surface area contributed by atoms with Gasteiger partial charge in [-0.3, -0.25) is 4.99 Å². The predicted octanol–water partition coefficient (Wildman–Crippen LogP) is 3.90. The van der Waals surface area contributed by atoms with E-state index >= 15 is 0 Å². The molecule has 1 aromatic rings. The molecule has 0 bridgehead atoms. The van der Waals surface area contributed by atoms with Crippen LogP contribution in [0.4, 0.5) is 0 Å². The van der Waals surface area contributed by atoms with Gasteiger partial charge in [0.2, 0.25) is 0 Å². The van der Waals surface area contributed by atoms with Crippen LogP contribution in [0.25, 0.3) is 0 Å². The highest BCUT2D eigenvalue weighted by atomic mass is 35.5. The predicted molar refractivity (Wildman–Crippen MR) is 68.0 cm³/mol. The first-order valence-corrected chi connectivity index (χ1v) is 5.63. The van der Waals surface area contributed by atoms with Gasteiger partial charge in [-0.25, -0.2) is 0 Å². The minimum Gasteiger partial charge on any atom is -0.282 e. The second kappa shape index (κ2) is 4.80. The highest BCUT2D eigenvalue weighted by molar-refractivity contribution is 6.34. The quantitative estimate of drug-likeness (QED) is 0.533. The normalized spacial score (nSPS) is 15.1. The van der Waals surface area contributed by atoms with Gasteiger partial charge in [0.25, 0.3) is 0 Å². The lowest BCUT2D eigenvalue weighted by atomic mass is 10.0. The van der Waals surface area contributed by atoms with Crippen molar-refractivity contribution in [2.24, 2.45) is 4.99 Å². The van der Waals surface area contributed by atoms with E-state index in [1.165, 1.54) is 0 Å². The van der Waals surface area contributed by atoms with Gasteiger partial charge < -0.3 is 0 Å². The smallest absolute Gasteiger partial charge is 0.0731 e. The standard InChI is InChI=1S/C13H18ClN/c1-10(14)12(15-13(2,3)4)11-8-6-5-7-9-11/h5-10H,1-4H3. The van der Waals surface area contributed by atoms with Crippen LogP contribution in [0.3, 0.4) is 0 Å². The van der Waals surface area contributed by atoms with Gasteiger partial charge in [0.1, 0.15) is 0 Å². The molecule has 0 saturated carbocycles. The maximum atomic E-state index is 6.15. The average molecular weight is 224 g/mol. The molecule has 0 aliphatic carbocycles. The van der Waals surface area contributed by atoms with Crippen molar-refractivity contribution in [2.75, 3.05) is 0 Å². The molecule has 0 radical (unpaired) electrons. The summed E-state index contributed by atoms with van der Waals surface area (Å²) in [4.78, 5) is 4.66. The Hall–Kier alpha value is -0.820. The van der Waals surface area contributed by atoms with Gasteiger partial charge in [-0.1, -0.05) is 30.3 Å². The zero-order chi connectivity index (χ0) is 11.5. The molecule has 2 heteroatoms. The zero-order valence-electron chi connectivity index (χ0n) is 9.79. The van der Waals surface area contributed by atoms with E-state index in [4.69, 9.17) is 11.6 Å². The summed E-state index contributed by atoms with van der Waals surface area (Å²) in [6.07, 6.45) is 0. The van der Waals surface area contributed by atoms with Crippen LogP contribution in [0, 0.1) is 0 Å². The van der Waals surface area contributed by atoms with Gasteiger partial charge in [0, 0.05) is 0 Å². The molecule has 0 heterocycles. The average Bonchev–Trinajstić information content (AvgIpc) is 2.14. The van der Waals surface area contributed by atoms with Crippen LogP contribution >= 0.6 is 11.6 Å². The van der Waals surface area contributed by atoms with Gasteiger partial charge in [-0.15, -0.1) is 11.6 Å². The highest BCUT2D eigenvalue weighted by Gasteiger charge is 2.15. The van der Waals surface area contributed by atoms with Crippen LogP contribution in [0.1, 0.15) is 33.3 Å². The molecule has 0 amide bonds. The van der Waals surface area contributed by atoms with Crippen molar-refractivity contribution < 1.29 is 0 Å². The molecule has 1 aromatic carbocycles. The molecule has 0 saturated heterocycles. The Morgan fingerprint density at radius 1 is 1.20 bits per heavy atom. The molecule has 82 valence electrons. The summed E-state index contributed by atoms with van der Waals surface area (Å²) in [6, 6.07) is 10.1. The van der Waals surface area contributed by atoms with Crippen molar-refractivity contribution in [1.29, 1.82) is 0 Å². The number of rotatable bonds is 2. The SMILES string of the molecule is CC(Cl)C(=NC(C)(C)C)c1ccccc1. The number of halogens is 1. The minimum atomic E-state index is -0.0890. The third-order valence-corrected chi connectivity index (χ3v) is 2.11. The molecule has 1 rings (SSSR count). The Balaban J connectivity index is 3.10. The lowest BCUT2D eigenvalue weighted by Gasteiger charge is -2.17. The van der Waals surface area contributed by atoms with E-state index in [0.717, 1.165) is 11.3 Å². The number of hydrogen-bond donors (Lipinski definition) is 0. The van der Waals surface area contributed by atoms with Crippen molar-refractivity contribution in [3.05, 3.63) is 35.9 Å². The van der Waals surface area contributed by atoms with Gasteiger partial charge in [-0.05, 0) is 33.3 Å². The van der Waals surface area contributed by atoms with E-state index in [2.05, 4.69) is 25.8 Å². The summed E-state index contributed by atoms with van der Waals surface area (Å²) in [5, 5.41) is -0.0633. The van der Waals surface area contributed by atoms with E-state index < -0.39 is 0 Å². The molecule has 0 aliphatic rings. The first-order valence-electron chi connectivity index (χ1n) is 5.19. The van der Waals surface area contributed by atoms with E-state index in [9.17, 15) is 0 Å². The van der Waals surface area contributed by atoms with Gasteiger partial charge in [0.15, 0.2) is 0 Å². The zero-order valence-corrected chi connectivity index (χ0v) is 10.5. The van der Waals surface area contributed by atoms with Gasteiger partial charge in [-0.2, -0.15) is 0 Å².